The Labute approximate surface area is 104 Å². The summed E-state index contributed by atoms with van der Waals surface area (Å²) in [7, 11) is 0. The molecule has 4 heteroatoms. The van der Waals surface area contributed by atoms with Crippen LogP contribution in [0.25, 0.3) is 0 Å². The number of carbonyl (C=O) groups is 1. The molecule has 0 aliphatic carbocycles. The summed E-state index contributed by atoms with van der Waals surface area (Å²) >= 11 is 0. The average molecular weight is 242 g/mol. The Hall–Kier alpha value is -0.610. The summed E-state index contributed by atoms with van der Waals surface area (Å²) in [5.41, 5.74) is 0. The standard InChI is InChI=1S/C13H26N2O2/c1-10(9-11(2)16)15-13(17)7-6-12-5-3-4-8-14-12/h10-12,14,16H,3-9H2,1-2H3,(H,15,17). The molecule has 3 atom stereocenters. The number of hydrogen-bond donors (Lipinski definition) is 3. The molecule has 0 aromatic carbocycles. The first kappa shape index (κ1) is 14.5. The second-order valence-corrected chi connectivity index (χ2v) is 5.24. The van der Waals surface area contributed by atoms with Crippen molar-refractivity contribution >= 4 is 5.91 Å². The molecule has 0 aromatic rings. The summed E-state index contributed by atoms with van der Waals surface area (Å²) < 4.78 is 0. The minimum Gasteiger partial charge on any atom is -0.393 e. The highest BCUT2D eigenvalue weighted by Crippen LogP contribution is 2.11. The van der Waals surface area contributed by atoms with Gasteiger partial charge in [-0.25, -0.2) is 0 Å². The van der Waals surface area contributed by atoms with Gasteiger partial charge < -0.3 is 15.7 Å². The van der Waals surface area contributed by atoms with Crippen molar-refractivity contribution in [3.8, 4) is 0 Å². The fourth-order valence-electron chi connectivity index (χ4n) is 2.39. The van der Waals surface area contributed by atoms with Crippen LogP contribution in [0.3, 0.4) is 0 Å². The zero-order valence-electron chi connectivity index (χ0n) is 11.0. The van der Waals surface area contributed by atoms with Gasteiger partial charge in [-0.1, -0.05) is 6.42 Å². The average Bonchev–Trinajstić information content (AvgIpc) is 2.26. The first-order chi connectivity index (χ1) is 8.08. The molecule has 0 aromatic heterocycles. The number of piperidine rings is 1. The summed E-state index contributed by atoms with van der Waals surface area (Å²) in [5, 5.41) is 15.6. The fraction of sp³-hybridized carbons (Fsp3) is 0.923. The van der Waals surface area contributed by atoms with Crippen molar-refractivity contribution in [3.63, 3.8) is 0 Å². The zero-order chi connectivity index (χ0) is 12.7. The van der Waals surface area contributed by atoms with Gasteiger partial charge in [0.05, 0.1) is 6.10 Å². The lowest BCUT2D eigenvalue weighted by Gasteiger charge is -2.23. The lowest BCUT2D eigenvalue weighted by Crippen LogP contribution is -2.37. The number of amides is 1. The van der Waals surface area contributed by atoms with E-state index < -0.39 is 0 Å². The van der Waals surface area contributed by atoms with Crippen molar-refractivity contribution in [2.24, 2.45) is 0 Å². The highest BCUT2D eigenvalue weighted by Gasteiger charge is 2.15. The van der Waals surface area contributed by atoms with Gasteiger partial charge in [0.25, 0.3) is 0 Å². The van der Waals surface area contributed by atoms with Crippen LogP contribution in [0.4, 0.5) is 0 Å². The van der Waals surface area contributed by atoms with Gasteiger partial charge in [0, 0.05) is 18.5 Å². The quantitative estimate of drug-likeness (QED) is 0.655. The van der Waals surface area contributed by atoms with E-state index in [1.54, 1.807) is 6.92 Å². The molecule has 1 saturated heterocycles. The highest BCUT2D eigenvalue weighted by atomic mass is 16.3. The maximum absolute atomic E-state index is 11.7. The summed E-state index contributed by atoms with van der Waals surface area (Å²) in [5.74, 6) is 0.102. The molecule has 4 nitrogen and oxygen atoms in total. The van der Waals surface area contributed by atoms with Crippen LogP contribution < -0.4 is 10.6 Å². The normalized spacial score (nSPS) is 24.1. The minimum atomic E-state index is -0.356. The van der Waals surface area contributed by atoms with E-state index in [0.29, 0.717) is 18.9 Å². The number of hydrogen-bond acceptors (Lipinski definition) is 3. The Morgan fingerprint density at radius 2 is 2.24 bits per heavy atom. The first-order valence-electron chi connectivity index (χ1n) is 6.78. The van der Waals surface area contributed by atoms with Crippen LogP contribution in [0, 0.1) is 0 Å². The van der Waals surface area contributed by atoms with Gasteiger partial charge in [-0.3, -0.25) is 4.79 Å². The molecule has 1 aliphatic heterocycles. The van der Waals surface area contributed by atoms with Crippen molar-refractivity contribution in [2.75, 3.05) is 6.54 Å². The number of nitrogens with one attached hydrogen (secondary N) is 2. The van der Waals surface area contributed by atoms with E-state index in [1.165, 1.54) is 19.3 Å². The molecule has 0 radical (unpaired) electrons. The lowest BCUT2D eigenvalue weighted by molar-refractivity contribution is -0.122. The Balaban J connectivity index is 2.11. The van der Waals surface area contributed by atoms with Gasteiger partial charge in [-0.2, -0.15) is 0 Å². The van der Waals surface area contributed by atoms with Crippen molar-refractivity contribution in [1.82, 2.24) is 10.6 Å². The molecule has 0 bridgehead atoms. The molecule has 3 N–H and O–H groups in total. The van der Waals surface area contributed by atoms with E-state index in [0.717, 1.165) is 13.0 Å². The third-order valence-electron chi connectivity index (χ3n) is 3.23. The van der Waals surface area contributed by atoms with E-state index in [9.17, 15) is 9.90 Å². The minimum absolute atomic E-state index is 0.0572. The van der Waals surface area contributed by atoms with E-state index >= 15 is 0 Å². The topological polar surface area (TPSA) is 61.4 Å². The summed E-state index contributed by atoms with van der Waals surface area (Å²) in [6.45, 7) is 4.77. The third kappa shape index (κ3) is 6.64. The van der Waals surface area contributed by atoms with Crippen LogP contribution in [0.2, 0.25) is 0 Å². The van der Waals surface area contributed by atoms with Crippen LogP contribution in [-0.2, 0) is 4.79 Å². The second kappa shape index (κ2) is 7.67. The highest BCUT2D eigenvalue weighted by molar-refractivity contribution is 5.76. The number of carbonyl (C=O) groups excluding carboxylic acids is 1. The van der Waals surface area contributed by atoms with Gasteiger partial charge in [0.15, 0.2) is 0 Å². The number of rotatable bonds is 6. The Kier molecular flexibility index (Phi) is 6.52. The van der Waals surface area contributed by atoms with Crippen LogP contribution in [-0.4, -0.2) is 35.7 Å². The van der Waals surface area contributed by atoms with Crippen molar-refractivity contribution in [3.05, 3.63) is 0 Å². The van der Waals surface area contributed by atoms with E-state index in [-0.39, 0.29) is 18.1 Å². The zero-order valence-corrected chi connectivity index (χ0v) is 11.0. The third-order valence-corrected chi connectivity index (χ3v) is 3.23. The van der Waals surface area contributed by atoms with Gasteiger partial charge in [-0.05, 0) is 46.1 Å². The van der Waals surface area contributed by atoms with E-state index in [1.807, 2.05) is 6.92 Å². The maximum Gasteiger partial charge on any atom is 0.220 e. The molecule has 1 aliphatic rings. The van der Waals surface area contributed by atoms with Crippen molar-refractivity contribution < 1.29 is 9.90 Å². The predicted octanol–water partition coefficient (Wildman–Crippen LogP) is 1.18. The molecule has 1 amide bonds. The van der Waals surface area contributed by atoms with E-state index in [4.69, 9.17) is 0 Å². The van der Waals surface area contributed by atoms with Gasteiger partial charge in [-0.15, -0.1) is 0 Å². The monoisotopic (exact) mass is 242 g/mol. The SMILES string of the molecule is CC(O)CC(C)NC(=O)CCC1CCCCN1. The summed E-state index contributed by atoms with van der Waals surface area (Å²) in [6, 6.07) is 0.573. The molecule has 100 valence electrons. The number of aliphatic hydroxyl groups is 1. The Bertz CT molecular complexity index is 225. The molecule has 17 heavy (non-hydrogen) atoms. The second-order valence-electron chi connectivity index (χ2n) is 5.24. The van der Waals surface area contributed by atoms with Crippen molar-refractivity contribution in [1.29, 1.82) is 0 Å². The molecule has 1 fully saturated rings. The van der Waals surface area contributed by atoms with Gasteiger partial charge >= 0.3 is 0 Å². The Morgan fingerprint density at radius 1 is 1.47 bits per heavy atom. The first-order valence-corrected chi connectivity index (χ1v) is 6.78. The number of aliphatic hydroxyl groups excluding tert-OH is 1. The fourth-order valence-corrected chi connectivity index (χ4v) is 2.39. The molecular formula is C13H26N2O2. The summed E-state index contributed by atoms with van der Waals surface area (Å²) in [4.78, 5) is 11.7. The molecule has 0 spiro atoms. The molecular weight excluding hydrogens is 216 g/mol. The molecule has 1 heterocycles. The summed E-state index contributed by atoms with van der Waals surface area (Å²) in [6.07, 6.45) is 5.50. The maximum atomic E-state index is 11.7. The van der Waals surface area contributed by atoms with Crippen LogP contribution in [0.15, 0.2) is 0 Å². The molecule has 1 rings (SSSR count). The molecule has 3 unspecified atom stereocenters. The van der Waals surface area contributed by atoms with Crippen molar-refractivity contribution in [2.45, 2.75) is 70.6 Å². The van der Waals surface area contributed by atoms with Crippen LogP contribution in [0.5, 0.6) is 0 Å². The Morgan fingerprint density at radius 3 is 2.82 bits per heavy atom. The van der Waals surface area contributed by atoms with Gasteiger partial charge in [0.2, 0.25) is 5.91 Å². The molecule has 0 saturated carbocycles. The lowest BCUT2D eigenvalue weighted by atomic mass is 10.0. The largest absolute Gasteiger partial charge is 0.393 e. The smallest absolute Gasteiger partial charge is 0.220 e. The van der Waals surface area contributed by atoms with Crippen LogP contribution in [0.1, 0.15) is 52.4 Å². The predicted molar refractivity (Wildman–Crippen MR) is 68.8 cm³/mol. The van der Waals surface area contributed by atoms with Crippen LogP contribution >= 0.6 is 0 Å². The van der Waals surface area contributed by atoms with E-state index in [2.05, 4.69) is 10.6 Å². The van der Waals surface area contributed by atoms with Gasteiger partial charge in [0.1, 0.15) is 0 Å².